The van der Waals surface area contributed by atoms with E-state index in [0.29, 0.717) is 12.2 Å². The third-order valence-corrected chi connectivity index (χ3v) is 3.27. The maximum atomic E-state index is 12.0. The zero-order valence-electron chi connectivity index (χ0n) is 12.4. The molecule has 2 rings (SSSR count). The van der Waals surface area contributed by atoms with Crippen LogP contribution >= 0.6 is 0 Å². The minimum atomic E-state index is -4.73. The number of carbonyl (C=O) groups is 1. The highest BCUT2D eigenvalue weighted by atomic mass is 19.4. The molecule has 0 radical (unpaired) electrons. The van der Waals surface area contributed by atoms with Crippen molar-refractivity contribution < 1.29 is 22.7 Å². The van der Waals surface area contributed by atoms with Gasteiger partial charge in [-0.05, 0) is 24.3 Å². The topological polar surface area (TPSA) is 65.6 Å². The normalized spacial score (nSPS) is 16.0. The zero-order valence-corrected chi connectivity index (χ0v) is 12.4. The Morgan fingerprint density at radius 2 is 1.87 bits per heavy atom. The SMILES string of the molecule is O=C(NCCN1CCNCC1)Nc1ccc(OC(F)(F)F)cc1. The summed E-state index contributed by atoms with van der Waals surface area (Å²) in [5.41, 5.74) is 0.388. The van der Waals surface area contributed by atoms with Crippen LogP contribution in [0.4, 0.5) is 23.7 Å². The molecule has 9 heteroatoms. The molecule has 1 fully saturated rings. The van der Waals surface area contributed by atoms with Gasteiger partial charge in [-0.25, -0.2) is 4.79 Å². The number of nitrogens with one attached hydrogen (secondary N) is 3. The van der Waals surface area contributed by atoms with Crippen LogP contribution in [0.1, 0.15) is 0 Å². The summed E-state index contributed by atoms with van der Waals surface area (Å²) in [7, 11) is 0. The molecule has 2 amide bonds. The molecule has 0 atom stereocenters. The second-order valence-corrected chi connectivity index (χ2v) is 5.04. The molecule has 0 spiro atoms. The van der Waals surface area contributed by atoms with E-state index in [-0.39, 0.29) is 5.75 Å². The van der Waals surface area contributed by atoms with Crippen molar-refractivity contribution in [1.82, 2.24) is 15.5 Å². The van der Waals surface area contributed by atoms with Crippen LogP contribution in [0.3, 0.4) is 0 Å². The molecule has 0 aliphatic carbocycles. The lowest BCUT2D eigenvalue weighted by molar-refractivity contribution is -0.274. The summed E-state index contributed by atoms with van der Waals surface area (Å²) in [6.45, 7) is 5.04. The first-order chi connectivity index (χ1) is 10.9. The second-order valence-electron chi connectivity index (χ2n) is 5.04. The molecular formula is C14H19F3N4O2. The molecule has 23 heavy (non-hydrogen) atoms. The van der Waals surface area contributed by atoms with E-state index in [4.69, 9.17) is 0 Å². The number of hydrogen-bond donors (Lipinski definition) is 3. The molecule has 1 saturated heterocycles. The summed E-state index contributed by atoms with van der Waals surface area (Å²) in [6.07, 6.45) is -4.73. The van der Waals surface area contributed by atoms with E-state index in [9.17, 15) is 18.0 Å². The highest BCUT2D eigenvalue weighted by Gasteiger charge is 2.30. The van der Waals surface area contributed by atoms with Gasteiger partial charge < -0.3 is 20.7 Å². The number of anilines is 1. The molecule has 0 saturated carbocycles. The van der Waals surface area contributed by atoms with Gasteiger partial charge in [-0.15, -0.1) is 13.2 Å². The molecule has 0 aromatic heterocycles. The average molecular weight is 332 g/mol. The molecule has 1 aromatic carbocycles. The van der Waals surface area contributed by atoms with Crippen LogP contribution in [0.15, 0.2) is 24.3 Å². The predicted molar refractivity (Wildman–Crippen MR) is 79.5 cm³/mol. The van der Waals surface area contributed by atoms with Crippen LogP contribution in [0, 0.1) is 0 Å². The zero-order chi connectivity index (χ0) is 16.7. The van der Waals surface area contributed by atoms with Crippen molar-refractivity contribution in [2.24, 2.45) is 0 Å². The van der Waals surface area contributed by atoms with E-state index in [2.05, 4.69) is 25.6 Å². The number of ether oxygens (including phenoxy) is 1. The number of amides is 2. The minimum Gasteiger partial charge on any atom is -0.406 e. The molecule has 6 nitrogen and oxygen atoms in total. The predicted octanol–water partition coefficient (Wildman–Crippen LogP) is 1.61. The lowest BCUT2D eigenvalue weighted by atomic mass is 10.3. The fourth-order valence-electron chi connectivity index (χ4n) is 2.18. The van der Waals surface area contributed by atoms with Crippen molar-refractivity contribution in [3.05, 3.63) is 24.3 Å². The summed E-state index contributed by atoms with van der Waals surface area (Å²) in [5.74, 6) is -0.331. The van der Waals surface area contributed by atoms with E-state index < -0.39 is 12.4 Å². The third-order valence-electron chi connectivity index (χ3n) is 3.27. The van der Waals surface area contributed by atoms with Crippen molar-refractivity contribution in [1.29, 1.82) is 0 Å². The van der Waals surface area contributed by atoms with Crippen molar-refractivity contribution >= 4 is 11.7 Å². The molecule has 0 unspecified atom stereocenters. The van der Waals surface area contributed by atoms with Gasteiger partial charge >= 0.3 is 12.4 Å². The minimum absolute atomic E-state index is 0.331. The molecule has 128 valence electrons. The summed E-state index contributed by atoms with van der Waals surface area (Å²) in [6, 6.07) is 4.58. The number of nitrogens with zero attached hydrogens (tertiary/aromatic N) is 1. The van der Waals surface area contributed by atoms with E-state index >= 15 is 0 Å². The van der Waals surface area contributed by atoms with Crippen LogP contribution in [0.25, 0.3) is 0 Å². The van der Waals surface area contributed by atoms with Gasteiger partial charge in [0.25, 0.3) is 0 Å². The van der Waals surface area contributed by atoms with Crippen molar-refractivity contribution in [2.45, 2.75) is 6.36 Å². The Hall–Kier alpha value is -2.00. The Morgan fingerprint density at radius 3 is 2.48 bits per heavy atom. The maximum absolute atomic E-state index is 12.0. The second kappa shape index (κ2) is 8.02. The summed E-state index contributed by atoms with van der Waals surface area (Å²) < 4.78 is 39.9. The van der Waals surface area contributed by atoms with Crippen LogP contribution in [-0.4, -0.2) is 56.6 Å². The number of hydrogen-bond acceptors (Lipinski definition) is 4. The quantitative estimate of drug-likeness (QED) is 0.767. The first kappa shape index (κ1) is 17.4. The number of urea groups is 1. The van der Waals surface area contributed by atoms with E-state index in [1.54, 1.807) is 0 Å². The monoisotopic (exact) mass is 332 g/mol. The van der Waals surface area contributed by atoms with Gasteiger partial charge in [0.2, 0.25) is 0 Å². The number of carbonyl (C=O) groups excluding carboxylic acids is 1. The smallest absolute Gasteiger partial charge is 0.406 e. The van der Waals surface area contributed by atoms with E-state index in [1.165, 1.54) is 12.1 Å². The molecule has 1 aromatic rings. The van der Waals surface area contributed by atoms with Crippen molar-refractivity contribution in [2.75, 3.05) is 44.6 Å². The first-order valence-corrected chi connectivity index (χ1v) is 7.26. The van der Waals surface area contributed by atoms with Gasteiger partial charge in [0.15, 0.2) is 0 Å². The van der Waals surface area contributed by atoms with E-state index in [0.717, 1.165) is 44.9 Å². The largest absolute Gasteiger partial charge is 0.573 e. The number of halogens is 3. The number of piperazine rings is 1. The molecule has 3 N–H and O–H groups in total. The fourth-order valence-corrected chi connectivity index (χ4v) is 2.18. The van der Waals surface area contributed by atoms with Crippen LogP contribution < -0.4 is 20.7 Å². The lowest BCUT2D eigenvalue weighted by Crippen LogP contribution is -2.46. The maximum Gasteiger partial charge on any atom is 0.573 e. The van der Waals surface area contributed by atoms with Crippen LogP contribution in [-0.2, 0) is 0 Å². The van der Waals surface area contributed by atoms with Crippen molar-refractivity contribution in [3.8, 4) is 5.75 Å². The van der Waals surface area contributed by atoms with Crippen molar-refractivity contribution in [3.63, 3.8) is 0 Å². The number of benzene rings is 1. The number of alkyl halides is 3. The highest BCUT2D eigenvalue weighted by molar-refractivity contribution is 5.89. The van der Waals surface area contributed by atoms with Gasteiger partial charge in [-0.3, -0.25) is 4.90 Å². The number of rotatable bonds is 5. The third kappa shape index (κ3) is 6.74. The summed E-state index contributed by atoms with van der Waals surface area (Å²) >= 11 is 0. The van der Waals surface area contributed by atoms with Gasteiger partial charge in [0, 0.05) is 45.0 Å². The molecular weight excluding hydrogens is 313 g/mol. The standard InChI is InChI=1S/C14H19F3N4O2/c15-14(16,17)23-12-3-1-11(2-4-12)20-13(22)19-7-10-21-8-5-18-6-9-21/h1-4,18H,5-10H2,(H2,19,20,22). The fraction of sp³-hybridized carbons (Fsp3) is 0.500. The average Bonchev–Trinajstić information content (AvgIpc) is 2.49. The first-order valence-electron chi connectivity index (χ1n) is 7.26. The molecule has 1 aliphatic rings. The van der Waals surface area contributed by atoms with Gasteiger partial charge in [0.05, 0.1) is 0 Å². The van der Waals surface area contributed by atoms with E-state index in [1.807, 2.05) is 0 Å². The van der Waals surface area contributed by atoms with Gasteiger partial charge in [-0.1, -0.05) is 0 Å². The lowest BCUT2D eigenvalue weighted by Gasteiger charge is -2.27. The Kier molecular flexibility index (Phi) is 6.05. The Morgan fingerprint density at radius 1 is 1.22 bits per heavy atom. The van der Waals surface area contributed by atoms with Gasteiger partial charge in [0.1, 0.15) is 5.75 Å². The summed E-state index contributed by atoms with van der Waals surface area (Å²) in [5, 5.41) is 8.50. The molecule has 1 heterocycles. The highest BCUT2D eigenvalue weighted by Crippen LogP contribution is 2.23. The Balaban J connectivity index is 1.70. The van der Waals surface area contributed by atoms with Crippen LogP contribution in [0.5, 0.6) is 5.75 Å². The molecule has 0 bridgehead atoms. The van der Waals surface area contributed by atoms with Crippen LogP contribution in [0.2, 0.25) is 0 Å². The Labute approximate surface area is 132 Å². The summed E-state index contributed by atoms with van der Waals surface area (Å²) in [4.78, 5) is 13.9. The van der Waals surface area contributed by atoms with Gasteiger partial charge in [-0.2, -0.15) is 0 Å². The molecule has 1 aliphatic heterocycles. The Bertz CT molecular complexity index is 502.